The van der Waals surface area contributed by atoms with Gasteiger partial charge in [0.15, 0.2) is 0 Å². The van der Waals surface area contributed by atoms with Gasteiger partial charge in [-0.15, -0.1) is 0 Å². The van der Waals surface area contributed by atoms with Crippen LogP contribution in [0.25, 0.3) is 10.9 Å². The van der Waals surface area contributed by atoms with Gasteiger partial charge in [0, 0.05) is 11.6 Å². The topological polar surface area (TPSA) is 64.0 Å². The van der Waals surface area contributed by atoms with Crippen molar-refractivity contribution in [2.45, 2.75) is 13.0 Å². The van der Waals surface area contributed by atoms with E-state index >= 15 is 0 Å². The highest BCUT2D eigenvalue weighted by molar-refractivity contribution is 6.31. The maximum atomic E-state index is 12.8. The molecule has 0 saturated carbocycles. The molecule has 0 aliphatic rings. The number of hydrogen-bond acceptors (Lipinski definition) is 3. The number of nitrogens with one attached hydrogen (secondary N) is 1. The van der Waals surface area contributed by atoms with Crippen molar-refractivity contribution in [1.82, 2.24) is 14.9 Å². The summed E-state index contributed by atoms with van der Waals surface area (Å²) in [5.74, 6) is -0.587. The molecule has 25 heavy (non-hydrogen) atoms. The smallest absolute Gasteiger partial charge is 0.261 e. The van der Waals surface area contributed by atoms with Gasteiger partial charge in [0.2, 0.25) is 5.91 Å². The molecule has 1 heterocycles. The van der Waals surface area contributed by atoms with Gasteiger partial charge in [-0.1, -0.05) is 23.7 Å². The molecule has 0 unspecified atom stereocenters. The molecule has 0 radical (unpaired) electrons. The van der Waals surface area contributed by atoms with E-state index in [1.54, 1.807) is 30.3 Å². The third kappa shape index (κ3) is 4.22. The average Bonchev–Trinajstić information content (AvgIpc) is 2.59. The van der Waals surface area contributed by atoms with Crippen molar-refractivity contribution < 1.29 is 9.18 Å². The summed E-state index contributed by atoms with van der Waals surface area (Å²) in [6.45, 7) is 0.281. The molecule has 0 atom stereocenters. The van der Waals surface area contributed by atoms with Gasteiger partial charge < -0.3 is 5.32 Å². The van der Waals surface area contributed by atoms with Crippen LogP contribution in [0.4, 0.5) is 4.39 Å². The first-order valence-corrected chi connectivity index (χ1v) is 8.06. The molecule has 0 spiro atoms. The third-order valence-corrected chi connectivity index (χ3v) is 3.99. The van der Waals surface area contributed by atoms with Crippen LogP contribution in [0.5, 0.6) is 0 Å². The van der Waals surface area contributed by atoms with Crippen LogP contribution < -0.4 is 10.9 Å². The average molecular weight is 360 g/mol. The van der Waals surface area contributed by atoms with Crippen molar-refractivity contribution in [2.24, 2.45) is 0 Å². The van der Waals surface area contributed by atoms with Gasteiger partial charge >= 0.3 is 0 Å². The Morgan fingerprint density at radius 1 is 1.20 bits per heavy atom. The Balaban J connectivity index is 1.62. The SMILES string of the molecule is O=C(Cn1cnc2cc(Cl)ccc2c1=O)NCCc1ccc(F)cc1. The van der Waals surface area contributed by atoms with Crippen LogP contribution in [0.3, 0.4) is 0 Å². The molecule has 0 saturated heterocycles. The zero-order chi connectivity index (χ0) is 17.8. The molecule has 5 nitrogen and oxygen atoms in total. The Morgan fingerprint density at radius 3 is 2.72 bits per heavy atom. The van der Waals surface area contributed by atoms with Crippen LogP contribution in [0.15, 0.2) is 53.6 Å². The van der Waals surface area contributed by atoms with Crippen LogP contribution in [0, 0.1) is 5.82 Å². The first-order chi connectivity index (χ1) is 12.0. The Labute approximate surface area is 148 Å². The zero-order valence-electron chi connectivity index (χ0n) is 13.2. The number of aromatic nitrogens is 2. The van der Waals surface area contributed by atoms with E-state index in [0.29, 0.717) is 28.9 Å². The Hall–Kier alpha value is -2.73. The number of amides is 1. The molecule has 1 aromatic heterocycles. The fraction of sp³-hybridized carbons (Fsp3) is 0.167. The largest absolute Gasteiger partial charge is 0.354 e. The lowest BCUT2D eigenvalue weighted by Crippen LogP contribution is -2.33. The predicted molar refractivity (Wildman–Crippen MR) is 94.1 cm³/mol. The van der Waals surface area contributed by atoms with E-state index in [4.69, 9.17) is 11.6 Å². The molecule has 3 rings (SSSR count). The van der Waals surface area contributed by atoms with E-state index in [9.17, 15) is 14.0 Å². The fourth-order valence-corrected chi connectivity index (χ4v) is 2.62. The number of fused-ring (bicyclic) bond motifs is 1. The molecule has 0 bridgehead atoms. The predicted octanol–water partition coefficient (Wildman–Crippen LogP) is 2.55. The van der Waals surface area contributed by atoms with Crippen molar-refractivity contribution in [2.75, 3.05) is 6.54 Å². The van der Waals surface area contributed by atoms with E-state index in [2.05, 4.69) is 10.3 Å². The maximum Gasteiger partial charge on any atom is 0.261 e. The van der Waals surface area contributed by atoms with E-state index in [-0.39, 0.29) is 23.8 Å². The highest BCUT2D eigenvalue weighted by atomic mass is 35.5. The van der Waals surface area contributed by atoms with Crippen molar-refractivity contribution in [1.29, 1.82) is 0 Å². The second-order valence-corrected chi connectivity index (χ2v) is 6.00. The summed E-state index contributed by atoms with van der Waals surface area (Å²) in [4.78, 5) is 28.5. The van der Waals surface area contributed by atoms with Gasteiger partial charge in [0.1, 0.15) is 12.4 Å². The Bertz CT molecular complexity index is 970. The van der Waals surface area contributed by atoms with E-state index in [1.165, 1.54) is 23.0 Å². The van der Waals surface area contributed by atoms with Gasteiger partial charge in [-0.25, -0.2) is 9.37 Å². The molecule has 3 aromatic rings. The lowest BCUT2D eigenvalue weighted by molar-refractivity contribution is -0.121. The summed E-state index contributed by atoms with van der Waals surface area (Å²) in [5, 5.41) is 3.64. The minimum absolute atomic E-state index is 0.117. The summed E-state index contributed by atoms with van der Waals surface area (Å²) < 4.78 is 14.1. The fourth-order valence-electron chi connectivity index (χ4n) is 2.45. The van der Waals surface area contributed by atoms with E-state index in [0.717, 1.165) is 5.56 Å². The maximum absolute atomic E-state index is 12.8. The first-order valence-electron chi connectivity index (χ1n) is 7.69. The van der Waals surface area contributed by atoms with Crippen LogP contribution in [0.2, 0.25) is 5.02 Å². The Morgan fingerprint density at radius 2 is 1.96 bits per heavy atom. The van der Waals surface area contributed by atoms with E-state index < -0.39 is 0 Å². The molecule has 2 aromatic carbocycles. The molecule has 0 fully saturated rings. The summed E-state index contributed by atoms with van der Waals surface area (Å²) in [7, 11) is 0. The van der Waals surface area contributed by atoms with Crippen LogP contribution in [-0.4, -0.2) is 22.0 Å². The molecule has 1 N–H and O–H groups in total. The highest BCUT2D eigenvalue weighted by Gasteiger charge is 2.08. The minimum atomic E-state index is -0.296. The van der Waals surface area contributed by atoms with Crippen molar-refractivity contribution >= 4 is 28.4 Å². The van der Waals surface area contributed by atoms with Gasteiger partial charge in [0.05, 0.1) is 17.2 Å². The number of nitrogens with zero attached hydrogens (tertiary/aromatic N) is 2. The monoisotopic (exact) mass is 359 g/mol. The van der Waals surface area contributed by atoms with Crippen LogP contribution >= 0.6 is 11.6 Å². The van der Waals surface area contributed by atoms with E-state index in [1.807, 2.05) is 0 Å². The summed E-state index contributed by atoms with van der Waals surface area (Å²) in [5.41, 5.74) is 1.11. The highest BCUT2D eigenvalue weighted by Crippen LogP contribution is 2.14. The molecular formula is C18H15ClFN3O2. The summed E-state index contributed by atoms with van der Waals surface area (Å²) >= 11 is 5.88. The van der Waals surface area contributed by atoms with Crippen molar-refractivity contribution in [3.63, 3.8) is 0 Å². The Kier molecular flexibility index (Phi) is 5.09. The van der Waals surface area contributed by atoms with Gasteiger partial charge in [0.25, 0.3) is 5.56 Å². The number of carbonyl (C=O) groups is 1. The molecule has 0 aliphatic carbocycles. The minimum Gasteiger partial charge on any atom is -0.354 e. The molecule has 128 valence electrons. The normalized spacial score (nSPS) is 10.8. The number of carbonyl (C=O) groups excluding carboxylic acids is 1. The number of benzene rings is 2. The lowest BCUT2D eigenvalue weighted by Gasteiger charge is -2.08. The number of rotatable bonds is 5. The second-order valence-electron chi connectivity index (χ2n) is 5.57. The number of halogens is 2. The molecular weight excluding hydrogens is 345 g/mol. The van der Waals surface area contributed by atoms with Gasteiger partial charge in [-0.05, 0) is 42.3 Å². The quantitative estimate of drug-likeness (QED) is 0.761. The van der Waals surface area contributed by atoms with Crippen molar-refractivity contribution in [3.8, 4) is 0 Å². The standard InChI is InChI=1S/C18H15ClFN3O2/c19-13-3-6-15-16(9-13)22-11-23(18(15)25)10-17(24)21-8-7-12-1-4-14(20)5-2-12/h1-6,9,11H,7-8,10H2,(H,21,24). The third-order valence-electron chi connectivity index (χ3n) is 3.75. The lowest BCUT2D eigenvalue weighted by atomic mass is 10.1. The van der Waals surface area contributed by atoms with Gasteiger partial charge in [-0.2, -0.15) is 0 Å². The summed E-state index contributed by atoms with van der Waals surface area (Å²) in [6, 6.07) is 10.9. The second kappa shape index (κ2) is 7.44. The van der Waals surface area contributed by atoms with Crippen LogP contribution in [0.1, 0.15) is 5.56 Å². The zero-order valence-corrected chi connectivity index (χ0v) is 14.0. The van der Waals surface area contributed by atoms with Crippen LogP contribution in [-0.2, 0) is 17.8 Å². The molecule has 1 amide bonds. The first kappa shape index (κ1) is 17.1. The summed E-state index contributed by atoms with van der Waals surface area (Å²) in [6.07, 6.45) is 1.91. The molecule has 0 aliphatic heterocycles. The van der Waals surface area contributed by atoms with Crippen molar-refractivity contribution in [3.05, 3.63) is 75.5 Å². The number of hydrogen-bond donors (Lipinski definition) is 1. The van der Waals surface area contributed by atoms with Gasteiger partial charge in [-0.3, -0.25) is 14.2 Å². The molecule has 7 heteroatoms.